The highest BCUT2D eigenvalue weighted by atomic mass is 79.9. The number of nitrogens with zero attached hydrogens (tertiary/aromatic N) is 1. The molecule has 2 amide bonds. The van der Waals surface area contributed by atoms with Crippen LogP contribution in [0.1, 0.15) is 20.7 Å². The SMILES string of the molecule is O=C1c2cccc(-c3c(Br)ccc4c3[nH]c3ccccc34)c2C(=O)N1c1ccccc1-c1ccccc1. The van der Waals surface area contributed by atoms with Crippen LogP contribution < -0.4 is 4.90 Å². The molecular weight excluding hydrogens is 524 g/mol. The lowest BCUT2D eigenvalue weighted by Gasteiger charge is -2.18. The summed E-state index contributed by atoms with van der Waals surface area (Å²) in [5.74, 6) is -0.635. The van der Waals surface area contributed by atoms with E-state index in [2.05, 4.69) is 33.0 Å². The second-order valence-corrected chi connectivity index (χ2v) is 9.93. The summed E-state index contributed by atoms with van der Waals surface area (Å²) < 4.78 is 0.850. The molecule has 1 N–H and O–H groups in total. The summed E-state index contributed by atoms with van der Waals surface area (Å²) in [5.41, 5.74) is 6.71. The van der Waals surface area contributed by atoms with Gasteiger partial charge >= 0.3 is 0 Å². The number of anilines is 1. The molecule has 0 atom stereocenters. The molecule has 176 valence electrons. The lowest BCUT2D eigenvalue weighted by atomic mass is 9.95. The topological polar surface area (TPSA) is 53.2 Å². The molecule has 1 aromatic heterocycles. The monoisotopic (exact) mass is 542 g/mol. The summed E-state index contributed by atoms with van der Waals surface area (Å²) in [5, 5.41) is 2.18. The average molecular weight is 543 g/mol. The predicted octanol–water partition coefficient (Wildman–Crippen LogP) is 8.22. The summed E-state index contributed by atoms with van der Waals surface area (Å²) in [6.07, 6.45) is 0. The van der Waals surface area contributed by atoms with E-state index in [1.165, 1.54) is 4.90 Å². The van der Waals surface area contributed by atoms with Crippen molar-refractivity contribution < 1.29 is 9.59 Å². The Bertz CT molecular complexity index is 1890. The molecule has 0 bridgehead atoms. The summed E-state index contributed by atoms with van der Waals surface area (Å²) >= 11 is 3.73. The van der Waals surface area contributed by atoms with Gasteiger partial charge in [-0.25, -0.2) is 4.90 Å². The van der Waals surface area contributed by atoms with Gasteiger partial charge in [-0.1, -0.05) is 101 Å². The van der Waals surface area contributed by atoms with Gasteiger partial charge in [-0.15, -0.1) is 0 Å². The number of hydrogen-bond acceptors (Lipinski definition) is 2. The number of carbonyl (C=O) groups is 2. The molecule has 1 aliphatic heterocycles. The van der Waals surface area contributed by atoms with Gasteiger partial charge in [-0.05, 0) is 35.4 Å². The number of fused-ring (bicyclic) bond motifs is 4. The third-order valence-electron chi connectivity index (χ3n) is 7.05. The van der Waals surface area contributed by atoms with Crippen molar-refractivity contribution in [3.05, 3.63) is 125 Å². The fourth-order valence-corrected chi connectivity index (χ4v) is 5.94. The fraction of sp³-hybridized carbons (Fsp3) is 0. The van der Waals surface area contributed by atoms with E-state index in [1.54, 1.807) is 6.07 Å². The average Bonchev–Trinajstić information content (AvgIpc) is 3.43. The van der Waals surface area contributed by atoms with Crippen LogP contribution in [-0.4, -0.2) is 16.8 Å². The molecule has 0 saturated carbocycles. The maximum absolute atomic E-state index is 14.1. The van der Waals surface area contributed by atoms with Crippen molar-refractivity contribution in [3.63, 3.8) is 0 Å². The Morgan fingerprint density at radius 1 is 0.568 bits per heavy atom. The van der Waals surface area contributed by atoms with Gasteiger partial charge in [0.25, 0.3) is 11.8 Å². The van der Waals surface area contributed by atoms with Crippen LogP contribution in [0.4, 0.5) is 5.69 Å². The molecule has 0 spiro atoms. The lowest BCUT2D eigenvalue weighted by Crippen LogP contribution is -2.30. The molecule has 1 aliphatic rings. The molecule has 5 heteroatoms. The van der Waals surface area contributed by atoms with Crippen LogP contribution in [0.5, 0.6) is 0 Å². The minimum atomic E-state index is -0.320. The summed E-state index contributed by atoms with van der Waals surface area (Å²) in [4.78, 5) is 32.7. The molecule has 2 heterocycles. The van der Waals surface area contributed by atoms with Crippen molar-refractivity contribution in [3.8, 4) is 22.3 Å². The highest BCUT2D eigenvalue weighted by molar-refractivity contribution is 9.10. The number of H-pyrrole nitrogens is 1. The number of para-hydroxylation sites is 2. The van der Waals surface area contributed by atoms with Crippen molar-refractivity contribution >= 4 is 55.2 Å². The summed E-state index contributed by atoms with van der Waals surface area (Å²) in [6, 6.07) is 35.1. The van der Waals surface area contributed by atoms with Crippen LogP contribution in [0.15, 0.2) is 114 Å². The fourth-order valence-electron chi connectivity index (χ4n) is 5.40. The van der Waals surface area contributed by atoms with Crippen LogP contribution in [0.2, 0.25) is 0 Å². The second-order valence-electron chi connectivity index (χ2n) is 9.07. The van der Waals surface area contributed by atoms with Gasteiger partial charge in [-0.3, -0.25) is 9.59 Å². The normalized spacial score (nSPS) is 13.1. The number of aromatic nitrogens is 1. The number of amides is 2. The van der Waals surface area contributed by atoms with E-state index in [-0.39, 0.29) is 11.8 Å². The van der Waals surface area contributed by atoms with Crippen molar-refractivity contribution in [1.82, 2.24) is 4.98 Å². The second kappa shape index (κ2) is 8.29. The molecule has 0 radical (unpaired) electrons. The standard InChI is InChI=1S/C32H19BrN2O2/c33-25-18-17-22-21-12-4-6-15-26(21)34-30(22)29(25)23-13-8-14-24-28(23)32(37)35(31(24)36)27-16-7-5-11-20(27)19-9-2-1-3-10-19/h1-18,34H. The zero-order valence-electron chi connectivity index (χ0n) is 19.5. The molecule has 0 fully saturated rings. The Hall–Kier alpha value is -4.48. The zero-order chi connectivity index (χ0) is 25.1. The Kier molecular flexibility index (Phi) is 4.88. The van der Waals surface area contributed by atoms with E-state index < -0.39 is 0 Å². The minimum Gasteiger partial charge on any atom is -0.354 e. The number of rotatable bonds is 3. The maximum atomic E-state index is 14.1. The molecule has 6 aromatic rings. The van der Waals surface area contributed by atoms with Crippen LogP contribution in [0, 0.1) is 0 Å². The number of nitrogens with one attached hydrogen (secondary N) is 1. The van der Waals surface area contributed by atoms with Crippen LogP contribution in [-0.2, 0) is 0 Å². The van der Waals surface area contributed by atoms with E-state index in [1.807, 2.05) is 91.0 Å². The van der Waals surface area contributed by atoms with Crippen LogP contribution in [0.3, 0.4) is 0 Å². The Balaban J connectivity index is 1.45. The first-order valence-corrected chi connectivity index (χ1v) is 12.8. The summed E-state index contributed by atoms with van der Waals surface area (Å²) in [7, 11) is 0. The molecule has 7 rings (SSSR count). The van der Waals surface area contributed by atoms with Gasteiger partial charge < -0.3 is 4.98 Å². The van der Waals surface area contributed by atoms with Crippen LogP contribution >= 0.6 is 15.9 Å². The van der Waals surface area contributed by atoms with E-state index in [9.17, 15) is 9.59 Å². The molecule has 0 saturated heterocycles. The van der Waals surface area contributed by atoms with Gasteiger partial charge in [0.1, 0.15) is 0 Å². The van der Waals surface area contributed by atoms with Crippen molar-refractivity contribution in [2.24, 2.45) is 0 Å². The van der Waals surface area contributed by atoms with E-state index in [0.717, 1.165) is 48.5 Å². The van der Waals surface area contributed by atoms with Crippen molar-refractivity contribution in [1.29, 1.82) is 0 Å². The smallest absolute Gasteiger partial charge is 0.266 e. The first-order valence-electron chi connectivity index (χ1n) is 12.0. The maximum Gasteiger partial charge on any atom is 0.266 e. The van der Waals surface area contributed by atoms with Crippen LogP contribution in [0.25, 0.3) is 44.1 Å². The number of imide groups is 1. The quantitative estimate of drug-likeness (QED) is 0.229. The van der Waals surface area contributed by atoms with Crippen molar-refractivity contribution in [2.45, 2.75) is 0 Å². The third kappa shape index (κ3) is 3.21. The largest absolute Gasteiger partial charge is 0.354 e. The Labute approximate surface area is 221 Å². The van der Waals surface area contributed by atoms with E-state index >= 15 is 0 Å². The number of hydrogen-bond donors (Lipinski definition) is 1. The molecule has 0 aliphatic carbocycles. The van der Waals surface area contributed by atoms with Gasteiger partial charge in [0.15, 0.2) is 0 Å². The zero-order valence-corrected chi connectivity index (χ0v) is 21.1. The molecule has 4 nitrogen and oxygen atoms in total. The number of carbonyl (C=O) groups excluding carboxylic acids is 2. The molecular formula is C32H19BrN2O2. The molecule has 37 heavy (non-hydrogen) atoms. The lowest BCUT2D eigenvalue weighted by molar-refractivity contribution is 0.0926. The van der Waals surface area contributed by atoms with Gasteiger partial charge in [-0.2, -0.15) is 0 Å². The molecule has 5 aromatic carbocycles. The van der Waals surface area contributed by atoms with E-state index in [4.69, 9.17) is 0 Å². The summed E-state index contributed by atoms with van der Waals surface area (Å²) in [6.45, 7) is 0. The first kappa shape index (κ1) is 21.8. The minimum absolute atomic E-state index is 0.315. The van der Waals surface area contributed by atoms with Gasteiger partial charge in [0.2, 0.25) is 0 Å². The molecule has 0 unspecified atom stereocenters. The van der Waals surface area contributed by atoms with Gasteiger partial charge in [0, 0.05) is 31.9 Å². The number of aromatic amines is 1. The highest BCUT2D eigenvalue weighted by Gasteiger charge is 2.40. The first-order chi connectivity index (χ1) is 18.1. The number of benzene rings is 5. The predicted molar refractivity (Wildman–Crippen MR) is 152 cm³/mol. The Morgan fingerprint density at radius 2 is 1.27 bits per heavy atom. The van der Waals surface area contributed by atoms with E-state index in [0.29, 0.717) is 16.8 Å². The third-order valence-corrected chi connectivity index (χ3v) is 7.71. The van der Waals surface area contributed by atoms with Gasteiger partial charge in [0.05, 0.1) is 22.3 Å². The Morgan fingerprint density at radius 3 is 2.14 bits per heavy atom. The van der Waals surface area contributed by atoms with Crippen molar-refractivity contribution in [2.75, 3.05) is 4.90 Å². The highest BCUT2D eigenvalue weighted by Crippen LogP contribution is 2.43. The number of halogens is 1.